The van der Waals surface area contributed by atoms with Gasteiger partial charge in [-0.2, -0.15) is 0 Å². The van der Waals surface area contributed by atoms with Crippen LogP contribution in [0.1, 0.15) is 5.56 Å². The molecule has 72 valence electrons. The number of hydrogen-bond donors (Lipinski definition) is 0. The smallest absolute Gasteiger partial charge is 0.204 e. The molecule has 0 aliphatic heterocycles. The van der Waals surface area contributed by atoms with E-state index in [9.17, 15) is 8.42 Å². The van der Waals surface area contributed by atoms with Crippen molar-refractivity contribution in [2.24, 2.45) is 0 Å². The van der Waals surface area contributed by atoms with Crippen LogP contribution in [0.3, 0.4) is 0 Å². The van der Waals surface area contributed by atoms with Gasteiger partial charge in [-0.3, -0.25) is 0 Å². The van der Waals surface area contributed by atoms with Crippen LogP contribution in [0.2, 0.25) is 0 Å². The topological polar surface area (TPSA) is 37.4 Å². The van der Waals surface area contributed by atoms with E-state index >= 15 is 0 Å². The third-order valence-electron chi connectivity index (χ3n) is 1.47. The zero-order valence-electron chi connectivity index (χ0n) is 6.74. The average Bonchev–Trinajstić information content (AvgIpc) is 2.04. The maximum Gasteiger partial charge on any atom is 0.270 e. The van der Waals surface area contributed by atoms with Gasteiger partial charge in [0.05, 0.1) is 4.90 Å². The molecular formula is C7H7Cl2NO2S. The highest BCUT2D eigenvalue weighted by molar-refractivity contribution is 7.91. The van der Waals surface area contributed by atoms with Crippen LogP contribution in [0.4, 0.5) is 0 Å². The van der Waals surface area contributed by atoms with Crippen molar-refractivity contribution in [1.82, 2.24) is 3.34 Å². The summed E-state index contributed by atoms with van der Waals surface area (Å²) in [6.45, 7) is 1.78. The fraction of sp³-hybridized carbons (Fsp3) is 0.143. The molecule has 1 aromatic carbocycles. The van der Waals surface area contributed by atoms with E-state index in [1.54, 1.807) is 19.1 Å². The Morgan fingerprint density at radius 3 is 2.38 bits per heavy atom. The van der Waals surface area contributed by atoms with Crippen molar-refractivity contribution in [3.8, 4) is 0 Å². The highest BCUT2D eigenvalue weighted by atomic mass is 35.5. The van der Waals surface area contributed by atoms with E-state index in [0.717, 1.165) is 5.56 Å². The molecule has 0 unspecified atom stereocenters. The van der Waals surface area contributed by atoms with E-state index in [-0.39, 0.29) is 8.24 Å². The van der Waals surface area contributed by atoms with Crippen molar-refractivity contribution >= 4 is 33.6 Å². The van der Waals surface area contributed by atoms with Crippen molar-refractivity contribution in [3.63, 3.8) is 0 Å². The summed E-state index contributed by atoms with van der Waals surface area (Å²) in [6, 6.07) is 6.33. The van der Waals surface area contributed by atoms with Gasteiger partial charge in [0.1, 0.15) is 0 Å². The molecule has 0 spiro atoms. The van der Waals surface area contributed by atoms with Gasteiger partial charge in [0.15, 0.2) is 0 Å². The SMILES string of the molecule is Cc1cccc(S(=O)(=O)N(Cl)Cl)c1. The molecule has 6 heteroatoms. The maximum absolute atomic E-state index is 11.3. The van der Waals surface area contributed by atoms with Gasteiger partial charge < -0.3 is 0 Å². The lowest BCUT2D eigenvalue weighted by atomic mass is 10.2. The van der Waals surface area contributed by atoms with Crippen LogP contribution in [0.15, 0.2) is 29.2 Å². The van der Waals surface area contributed by atoms with Gasteiger partial charge in [0, 0.05) is 23.6 Å². The van der Waals surface area contributed by atoms with Crippen molar-refractivity contribution < 1.29 is 8.42 Å². The van der Waals surface area contributed by atoms with Crippen molar-refractivity contribution in [2.75, 3.05) is 0 Å². The molecule has 0 heterocycles. The van der Waals surface area contributed by atoms with E-state index < -0.39 is 10.0 Å². The summed E-state index contributed by atoms with van der Waals surface area (Å²) in [5.41, 5.74) is 0.830. The lowest BCUT2D eigenvalue weighted by molar-refractivity contribution is 0.579. The second-order valence-electron chi connectivity index (χ2n) is 2.49. The number of benzene rings is 1. The number of rotatable bonds is 2. The molecule has 1 aromatic rings. The predicted molar refractivity (Wildman–Crippen MR) is 51.9 cm³/mol. The number of halogens is 2. The van der Waals surface area contributed by atoms with Crippen molar-refractivity contribution in [1.29, 1.82) is 0 Å². The average molecular weight is 240 g/mol. The summed E-state index contributed by atoms with van der Waals surface area (Å²) >= 11 is 10.3. The minimum absolute atomic E-state index is 0.0810. The van der Waals surface area contributed by atoms with Gasteiger partial charge in [-0.1, -0.05) is 12.1 Å². The van der Waals surface area contributed by atoms with Gasteiger partial charge in [-0.15, -0.1) is 0 Å². The van der Waals surface area contributed by atoms with Crippen LogP contribution < -0.4 is 0 Å². The van der Waals surface area contributed by atoms with Gasteiger partial charge >= 0.3 is 0 Å². The summed E-state index contributed by atoms with van der Waals surface area (Å²) < 4.78 is 22.8. The molecule has 0 aliphatic rings. The largest absolute Gasteiger partial charge is 0.270 e. The second-order valence-corrected chi connectivity index (χ2v) is 5.53. The molecule has 0 amide bonds. The quantitative estimate of drug-likeness (QED) is 0.743. The Morgan fingerprint density at radius 1 is 1.31 bits per heavy atom. The fourth-order valence-electron chi connectivity index (χ4n) is 0.855. The van der Waals surface area contributed by atoms with Gasteiger partial charge in [-0.05, 0) is 28.0 Å². The zero-order valence-corrected chi connectivity index (χ0v) is 9.07. The second kappa shape index (κ2) is 3.84. The highest BCUT2D eigenvalue weighted by Gasteiger charge is 2.20. The maximum atomic E-state index is 11.3. The van der Waals surface area contributed by atoms with Crippen LogP contribution >= 0.6 is 23.6 Å². The molecule has 13 heavy (non-hydrogen) atoms. The fourth-order valence-corrected chi connectivity index (χ4v) is 2.08. The standard InChI is InChI=1S/C7H7Cl2NO2S/c1-6-3-2-4-7(5-6)13(11,12)10(8)9/h2-5H,1H3. The minimum atomic E-state index is -3.74. The number of sulfonamides is 1. The van der Waals surface area contributed by atoms with Crippen LogP contribution in [0.5, 0.6) is 0 Å². The molecule has 0 aliphatic carbocycles. The normalized spacial score (nSPS) is 12.0. The third kappa shape index (κ3) is 2.34. The van der Waals surface area contributed by atoms with Gasteiger partial charge in [-0.25, -0.2) is 8.42 Å². The van der Waals surface area contributed by atoms with E-state index in [1.165, 1.54) is 12.1 Å². The highest BCUT2D eigenvalue weighted by Crippen LogP contribution is 2.19. The Morgan fingerprint density at radius 2 is 1.92 bits per heavy atom. The van der Waals surface area contributed by atoms with Crippen molar-refractivity contribution in [2.45, 2.75) is 11.8 Å². The van der Waals surface area contributed by atoms with E-state index in [2.05, 4.69) is 0 Å². The lowest BCUT2D eigenvalue weighted by Gasteiger charge is -2.05. The molecule has 0 fully saturated rings. The Balaban J connectivity index is 3.24. The van der Waals surface area contributed by atoms with Crippen molar-refractivity contribution in [3.05, 3.63) is 29.8 Å². The summed E-state index contributed by atoms with van der Waals surface area (Å²) in [5, 5.41) is 0. The molecule has 3 nitrogen and oxygen atoms in total. The summed E-state index contributed by atoms with van der Waals surface area (Å²) in [4.78, 5) is 0.0810. The Kier molecular flexibility index (Phi) is 3.18. The summed E-state index contributed by atoms with van der Waals surface area (Å²) in [5.74, 6) is 0. The molecular weight excluding hydrogens is 233 g/mol. The summed E-state index contributed by atoms with van der Waals surface area (Å²) in [7, 11) is -3.74. The Bertz CT molecular complexity index is 403. The number of hydrogen-bond acceptors (Lipinski definition) is 2. The van der Waals surface area contributed by atoms with Crippen LogP contribution in [0, 0.1) is 6.92 Å². The molecule has 0 radical (unpaired) electrons. The van der Waals surface area contributed by atoms with E-state index in [0.29, 0.717) is 0 Å². The Labute approximate surface area is 87.1 Å². The van der Waals surface area contributed by atoms with Gasteiger partial charge in [0.2, 0.25) is 0 Å². The molecule has 0 saturated carbocycles. The minimum Gasteiger partial charge on any atom is -0.204 e. The van der Waals surface area contributed by atoms with Gasteiger partial charge in [0.25, 0.3) is 10.0 Å². The lowest BCUT2D eigenvalue weighted by Crippen LogP contribution is -2.12. The molecule has 0 N–H and O–H groups in total. The number of nitrogens with zero attached hydrogens (tertiary/aromatic N) is 1. The van der Waals surface area contributed by atoms with E-state index in [1.807, 2.05) is 0 Å². The van der Waals surface area contributed by atoms with Crippen LogP contribution in [0.25, 0.3) is 0 Å². The van der Waals surface area contributed by atoms with Crippen LogP contribution in [-0.2, 0) is 10.0 Å². The summed E-state index contributed by atoms with van der Waals surface area (Å²) in [6.07, 6.45) is 0. The monoisotopic (exact) mass is 239 g/mol. The molecule has 0 atom stereocenters. The first kappa shape index (κ1) is 10.8. The molecule has 0 bridgehead atoms. The predicted octanol–water partition coefficient (Wildman–Crippen LogP) is 2.29. The first-order valence-electron chi connectivity index (χ1n) is 3.38. The number of aryl methyl sites for hydroxylation is 1. The first-order chi connectivity index (χ1) is 5.94. The third-order valence-corrected chi connectivity index (χ3v) is 3.77. The molecule has 1 rings (SSSR count). The molecule has 0 aromatic heterocycles. The zero-order chi connectivity index (χ0) is 10.1. The Hall–Kier alpha value is -0.290. The van der Waals surface area contributed by atoms with Crippen LogP contribution in [-0.4, -0.2) is 11.8 Å². The van der Waals surface area contributed by atoms with E-state index in [4.69, 9.17) is 23.6 Å². The molecule has 0 saturated heterocycles. The first-order valence-corrected chi connectivity index (χ1v) is 5.50.